The van der Waals surface area contributed by atoms with E-state index in [1.54, 1.807) is 0 Å². The molecule has 0 atom stereocenters. The number of aromatic nitrogens is 1. The Balaban J connectivity index is 1.84. The van der Waals surface area contributed by atoms with Crippen LogP contribution in [0, 0.1) is 0 Å². The van der Waals surface area contributed by atoms with Crippen molar-refractivity contribution in [1.82, 2.24) is 10.3 Å². The molecule has 1 amide bonds. The third-order valence-electron chi connectivity index (χ3n) is 4.12. The lowest BCUT2D eigenvalue weighted by molar-refractivity contribution is -0.120. The minimum atomic E-state index is 0.0689. The first-order valence-corrected chi connectivity index (χ1v) is 8.34. The van der Waals surface area contributed by atoms with E-state index in [2.05, 4.69) is 52.8 Å². The minimum absolute atomic E-state index is 0.0689. The number of H-pyrrole nitrogens is 1. The van der Waals surface area contributed by atoms with Crippen molar-refractivity contribution in [2.45, 2.75) is 26.3 Å². The molecule has 3 rings (SSSR count). The second-order valence-electron chi connectivity index (χ2n) is 5.78. The van der Waals surface area contributed by atoms with Gasteiger partial charge in [0, 0.05) is 23.0 Å². The monoisotopic (exact) mass is 318 g/mol. The Morgan fingerprint density at radius 2 is 1.83 bits per heavy atom. The number of para-hydroxylation sites is 1. The third kappa shape index (κ3) is 3.74. The Morgan fingerprint density at radius 3 is 2.62 bits per heavy atom. The van der Waals surface area contributed by atoms with Crippen molar-refractivity contribution < 1.29 is 4.79 Å². The number of rotatable bonds is 6. The van der Waals surface area contributed by atoms with Crippen molar-refractivity contribution in [2.24, 2.45) is 0 Å². The number of carbonyl (C=O) groups excluding carboxylic acids is 1. The Hall–Kier alpha value is -2.81. The number of carbonyl (C=O) groups is 1. The number of hydrogen-bond donors (Lipinski definition) is 2. The number of amides is 1. The van der Waals surface area contributed by atoms with Gasteiger partial charge in [-0.3, -0.25) is 4.79 Å². The molecule has 0 aliphatic carbocycles. The van der Waals surface area contributed by atoms with Crippen molar-refractivity contribution in [2.75, 3.05) is 0 Å². The van der Waals surface area contributed by atoms with E-state index >= 15 is 0 Å². The first-order chi connectivity index (χ1) is 11.8. The molecule has 0 saturated heterocycles. The number of allylic oxidation sites excluding steroid dienone is 1. The molecule has 1 heterocycles. The van der Waals surface area contributed by atoms with Gasteiger partial charge in [-0.2, -0.15) is 0 Å². The highest BCUT2D eigenvalue weighted by atomic mass is 16.1. The molecule has 0 unspecified atom stereocenters. The van der Waals surface area contributed by atoms with E-state index in [1.165, 1.54) is 16.5 Å². The fourth-order valence-electron chi connectivity index (χ4n) is 2.83. The summed E-state index contributed by atoms with van der Waals surface area (Å²) < 4.78 is 0. The topological polar surface area (TPSA) is 44.9 Å². The van der Waals surface area contributed by atoms with E-state index in [9.17, 15) is 4.79 Å². The molecule has 2 aromatic carbocycles. The molecule has 3 aromatic rings. The van der Waals surface area contributed by atoms with Crippen LogP contribution in [0.3, 0.4) is 0 Å². The number of aromatic amines is 1. The summed E-state index contributed by atoms with van der Waals surface area (Å²) in [5, 5.41) is 4.18. The molecule has 0 bridgehead atoms. The van der Waals surface area contributed by atoms with Crippen LogP contribution in [0.15, 0.2) is 60.7 Å². The van der Waals surface area contributed by atoms with Crippen molar-refractivity contribution in [3.63, 3.8) is 0 Å². The Bertz CT molecular complexity index is 847. The van der Waals surface area contributed by atoms with Crippen LogP contribution in [0.1, 0.15) is 30.2 Å². The summed E-state index contributed by atoms with van der Waals surface area (Å²) in [7, 11) is 0. The maximum Gasteiger partial charge on any atom is 0.220 e. The van der Waals surface area contributed by atoms with Crippen LogP contribution in [-0.2, 0) is 17.8 Å². The maximum atomic E-state index is 11.6. The molecule has 2 N–H and O–H groups in total. The quantitative estimate of drug-likeness (QED) is 0.693. The summed E-state index contributed by atoms with van der Waals surface area (Å²) in [5.41, 5.74) is 4.63. The molecule has 3 nitrogen and oxygen atoms in total. The van der Waals surface area contributed by atoms with Crippen LogP contribution in [0.2, 0.25) is 0 Å². The van der Waals surface area contributed by atoms with Crippen molar-refractivity contribution in [3.05, 3.63) is 77.5 Å². The van der Waals surface area contributed by atoms with Gasteiger partial charge < -0.3 is 10.3 Å². The molecule has 0 aliphatic heterocycles. The molecule has 0 fully saturated rings. The second-order valence-corrected chi connectivity index (χ2v) is 5.78. The molecule has 0 radical (unpaired) electrons. The molecule has 0 saturated carbocycles. The highest BCUT2D eigenvalue weighted by Crippen LogP contribution is 2.23. The van der Waals surface area contributed by atoms with E-state index in [4.69, 9.17) is 0 Å². The number of hydrogen-bond acceptors (Lipinski definition) is 1. The van der Waals surface area contributed by atoms with Crippen molar-refractivity contribution in [1.29, 1.82) is 0 Å². The Morgan fingerprint density at radius 1 is 1.08 bits per heavy atom. The Kier molecular flexibility index (Phi) is 5.12. The lowest BCUT2D eigenvalue weighted by Gasteiger charge is -2.05. The van der Waals surface area contributed by atoms with Gasteiger partial charge in [0.05, 0.1) is 6.54 Å². The standard InChI is InChI=1S/C21H22N2O/c1-2-21(24)22-15-20-18(17-12-6-7-14-19(17)23-20)13-8-11-16-9-4-3-5-10-16/h3-12,14,23H,2,13,15H2,1H3,(H,22,24)/b11-8+. The van der Waals surface area contributed by atoms with E-state index in [1.807, 2.05) is 31.2 Å². The zero-order valence-electron chi connectivity index (χ0n) is 13.9. The molecule has 0 aliphatic rings. The maximum absolute atomic E-state index is 11.6. The molecular weight excluding hydrogens is 296 g/mol. The Labute approximate surface area is 142 Å². The molecule has 0 spiro atoms. The van der Waals surface area contributed by atoms with E-state index in [0.29, 0.717) is 13.0 Å². The predicted molar refractivity (Wildman–Crippen MR) is 99.6 cm³/mol. The summed E-state index contributed by atoms with van der Waals surface area (Å²) >= 11 is 0. The first kappa shape index (κ1) is 16.1. The molecule has 122 valence electrons. The third-order valence-corrected chi connectivity index (χ3v) is 4.12. The van der Waals surface area contributed by atoms with Crippen LogP contribution in [0.5, 0.6) is 0 Å². The summed E-state index contributed by atoms with van der Waals surface area (Å²) in [6.45, 7) is 2.40. The first-order valence-electron chi connectivity index (χ1n) is 8.34. The van der Waals surface area contributed by atoms with Gasteiger partial charge in [-0.05, 0) is 23.6 Å². The van der Waals surface area contributed by atoms with Crippen molar-refractivity contribution in [3.8, 4) is 0 Å². The highest BCUT2D eigenvalue weighted by molar-refractivity contribution is 5.85. The largest absolute Gasteiger partial charge is 0.357 e. The average molecular weight is 318 g/mol. The van der Waals surface area contributed by atoms with Crippen LogP contribution in [0.25, 0.3) is 17.0 Å². The molecule has 1 aromatic heterocycles. The van der Waals surface area contributed by atoms with Gasteiger partial charge >= 0.3 is 0 Å². The average Bonchev–Trinajstić information content (AvgIpc) is 2.98. The highest BCUT2D eigenvalue weighted by Gasteiger charge is 2.10. The summed E-state index contributed by atoms with van der Waals surface area (Å²) in [6, 6.07) is 18.6. The number of benzene rings is 2. The van der Waals surface area contributed by atoms with E-state index < -0.39 is 0 Å². The van der Waals surface area contributed by atoms with Crippen LogP contribution >= 0.6 is 0 Å². The predicted octanol–water partition coefficient (Wildman–Crippen LogP) is 4.45. The normalized spacial score (nSPS) is 11.2. The zero-order chi connectivity index (χ0) is 16.8. The minimum Gasteiger partial charge on any atom is -0.357 e. The van der Waals surface area contributed by atoms with Crippen LogP contribution in [0.4, 0.5) is 0 Å². The molecule has 24 heavy (non-hydrogen) atoms. The SMILES string of the molecule is CCC(=O)NCc1[nH]c2ccccc2c1C/C=C/c1ccccc1. The van der Waals surface area contributed by atoms with Gasteiger partial charge in [-0.25, -0.2) is 0 Å². The van der Waals surface area contributed by atoms with E-state index in [-0.39, 0.29) is 5.91 Å². The fourth-order valence-corrected chi connectivity index (χ4v) is 2.83. The zero-order valence-corrected chi connectivity index (χ0v) is 13.9. The smallest absolute Gasteiger partial charge is 0.220 e. The summed E-state index contributed by atoms with van der Waals surface area (Å²) in [6.07, 6.45) is 5.64. The number of fused-ring (bicyclic) bond motifs is 1. The lowest BCUT2D eigenvalue weighted by Crippen LogP contribution is -2.22. The van der Waals surface area contributed by atoms with Gasteiger partial charge in [0.25, 0.3) is 0 Å². The fraction of sp³-hybridized carbons (Fsp3) is 0.190. The van der Waals surface area contributed by atoms with Crippen molar-refractivity contribution >= 4 is 22.9 Å². The summed E-state index contributed by atoms with van der Waals surface area (Å²) in [4.78, 5) is 15.0. The van der Waals surface area contributed by atoms with Gasteiger partial charge in [0.1, 0.15) is 0 Å². The number of nitrogens with one attached hydrogen (secondary N) is 2. The summed E-state index contributed by atoms with van der Waals surface area (Å²) in [5.74, 6) is 0.0689. The van der Waals surface area contributed by atoms with Gasteiger partial charge in [0.2, 0.25) is 5.91 Å². The van der Waals surface area contributed by atoms with Crippen LogP contribution in [-0.4, -0.2) is 10.9 Å². The second kappa shape index (κ2) is 7.64. The van der Waals surface area contributed by atoms with Gasteiger partial charge in [-0.1, -0.05) is 67.6 Å². The molecule has 3 heteroatoms. The van der Waals surface area contributed by atoms with E-state index in [0.717, 1.165) is 17.6 Å². The molecular formula is C21H22N2O. The van der Waals surface area contributed by atoms with Crippen LogP contribution < -0.4 is 5.32 Å². The van der Waals surface area contributed by atoms with Gasteiger partial charge in [-0.15, -0.1) is 0 Å². The van der Waals surface area contributed by atoms with Gasteiger partial charge in [0.15, 0.2) is 0 Å². The lowest BCUT2D eigenvalue weighted by atomic mass is 10.1.